The van der Waals surface area contributed by atoms with Crippen LogP contribution in [-0.4, -0.2) is 94.6 Å². The van der Waals surface area contributed by atoms with Crippen LogP contribution >= 0.6 is 0 Å². The van der Waals surface area contributed by atoms with E-state index in [1.54, 1.807) is 32.9 Å². The molecule has 1 aliphatic carbocycles. The highest BCUT2D eigenvalue weighted by molar-refractivity contribution is 5.98. The number of ether oxygens (including phenoxy) is 4. The molecule has 45 heavy (non-hydrogen) atoms. The molecule has 4 amide bonds. The SMILES string of the molecule is Cc1ccc(NC(=O)[C@H](C)NC(=O)[C@@H](NC(=O)COCCOCCOCCNC(=O)COC2CC/C=C/CCC2)C(C)C)cc1. The van der Waals surface area contributed by atoms with Crippen LogP contribution in [0.4, 0.5) is 5.69 Å². The van der Waals surface area contributed by atoms with Crippen molar-refractivity contribution in [3.63, 3.8) is 0 Å². The largest absolute Gasteiger partial charge is 0.377 e. The highest BCUT2D eigenvalue weighted by atomic mass is 16.5. The Hall–Kier alpha value is -3.32. The summed E-state index contributed by atoms with van der Waals surface area (Å²) in [5.74, 6) is -1.62. The van der Waals surface area contributed by atoms with Crippen LogP contribution in [0.15, 0.2) is 36.4 Å². The second kappa shape index (κ2) is 22.2. The first kappa shape index (κ1) is 37.9. The van der Waals surface area contributed by atoms with Crippen LogP contribution in [0.3, 0.4) is 0 Å². The first-order chi connectivity index (χ1) is 21.7. The van der Waals surface area contributed by atoms with Gasteiger partial charge in [-0.3, -0.25) is 19.2 Å². The Kier molecular flexibility index (Phi) is 18.7. The molecule has 0 aromatic heterocycles. The lowest BCUT2D eigenvalue weighted by Gasteiger charge is -2.23. The van der Waals surface area contributed by atoms with Crippen LogP contribution in [0.2, 0.25) is 0 Å². The van der Waals surface area contributed by atoms with E-state index in [2.05, 4.69) is 33.4 Å². The van der Waals surface area contributed by atoms with Crippen molar-refractivity contribution >= 4 is 29.3 Å². The minimum absolute atomic E-state index is 0.0632. The summed E-state index contributed by atoms with van der Waals surface area (Å²) >= 11 is 0. The standard InChI is InChI=1S/C33H52N4O8/c1-24(2)31(33(41)35-26(4)32(40)36-27-14-12-25(3)13-15-27)37-30(39)22-44-21-20-43-19-18-42-17-16-34-29(38)23-45-28-10-8-6-5-7-9-11-28/h5-6,12-15,24,26,28,31H,7-11,16-23H2,1-4H3,(H,34,38)(H,35,41)(H,36,40)(H,37,39)/b6-5+/t26-,28?,31-/m0/s1. The molecule has 0 saturated heterocycles. The third kappa shape index (κ3) is 17.1. The molecule has 0 fully saturated rings. The monoisotopic (exact) mass is 632 g/mol. The van der Waals surface area contributed by atoms with Gasteiger partial charge < -0.3 is 40.2 Å². The second-order valence-electron chi connectivity index (χ2n) is 11.4. The van der Waals surface area contributed by atoms with Crippen molar-refractivity contribution < 1.29 is 38.1 Å². The predicted octanol–water partition coefficient (Wildman–Crippen LogP) is 2.65. The molecule has 1 aromatic carbocycles. The van der Waals surface area contributed by atoms with Crippen molar-refractivity contribution in [2.75, 3.05) is 58.1 Å². The second-order valence-corrected chi connectivity index (χ2v) is 11.4. The summed E-state index contributed by atoms with van der Waals surface area (Å²) in [6.45, 7) is 8.88. The lowest BCUT2D eigenvalue weighted by molar-refractivity contribution is -0.133. The molecule has 12 heteroatoms. The van der Waals surface area contributed by atoms with Crippen molar-refractivity contribution in [3.8, 4) is 0 Å². The van der Waals surface area contributed by atoms with Gasteiger partial charge in [0.05, 0.1) is 39.1 Å². The number of hydrogen-bond donors (Lipinski definition) is 4. The smallest absolute Gasteiger partial charge is 0.246 e. The Morgan fingerprint density at radius 1 is 0.778 bits per heavy atom. The molecule has 4 N–H and O–H groups in total. The normalized spacial score (nSPS) is 17.0. The van der Waals surface area contributed by atoms with E-state index in [-0.39, 0.29) is 50.3 Å². The Labute approximate surface area is 267 Å². The molecule has 1 aromatic rings. The fourth-order valence-corrected chi connectivity index (χ4v) is 4.41. The summed E-state index contributed by atoms with van der Waals surface area (Å²) in [4.78, 5) is 49.7. The number of benzene rings is 1. The molecule has 12 nitrogen and oxygen atoms in total. The maximum Gasteiger partial charge on any atom is 0.246 e. The molecule has 0 saturated carbocycles. The highest BCUT2D eigenvalue weighted by Gasteiger charge is 2.27. The number of anilines is 1. The van der Waals surface area contributed by atoms with E-state index >= 15 is 0 Å². The molecule has 1 aliphatic rings. The highest BCUT2D eigenvalue weighted by Crippen LogP contribution is 2.15. The van der Waals surface area contributed by atoms with E-state index in [4.69, 9.17) is 18.9 Å². The number of allylic oxidation sites excluding steroid dienone is 2. The summed E-state index contributed by atoms with van der Waals surface area (Å²) in [6.07, 6.45) is 9.58. The Morgan fingerprint density at radius 2 is 1.44 bits per heavy atom. The number of amides is 4. The molecule has 252 valence electrons. The zero-order chi connectivity index (χ0) is 32.9. The molecular weight excluding hydrogens is 580 g/mol. The third-order valence-electron chi connectivity index (χ3n) is 7.05. The van der Waals surface area contributed by atoms with Crippen LogP contribution in [0.25, 0.3) is 0 Å². The Morgan fingerprint density at radius 3 is 2.16 bits per heavy atom. The van der Waals surface area contributed by atoms with Gasteiger partial charge in [0.2, 0.25) is 23.6 Å². The fourth-order valence-electron chi connectivity index (χ4n) is 4.41. The maximum absolute atomic E-state index is 12.8. The molecule has 0 radical (unpaired) electrons. The number of carbonyl (C=O) groups excluding carboxylic acids is 4. The number of nitrogens with one attached hydrogen (secondary N) is 4. The van der Waals surface area contributed by atoms with Gasteiger partial charge in [0.25, 0.3) is 0 Å². The summed E-state index contributed by atoms with van der Waals surface area (Å²) in [7, 11) is 0. The van der Waals surface area contributed by atoms with Gasteiger partial charge in [0.15, 0.2) is 0 Å². The lowest BCUT2D eigenvalue weighted by Crippen LogP contribution is -2.54. The van der Waals surface area contributed by atoms with Crippen LogP contribution in [0.5, 0.6) is 0 Å². The molecule has 1 unspecified atom stereocenters. The first-order valence-electron chi connectivity index (χ1n) is 15.9. The Bertz CT molecular complexity index is 1060. The van der Waals surface area contributed by atoms with E-state index in [0.717, 1.165) is 37.7 Å². The number of hydrogen-bond acceptors (Lipinski definition) is 8. The van der Waals surface area contributed by atoms with Gasteiger partial charge in [-0.1, -0.05) is 43.7 Å². The summed E-state index contributed by atoms with van der Waals surface area (Å²) in [5.41, 5.74) is 1.70. The van der Waals surface area contributed by atoms with Crippen LogP contribution in [-0.2, 0) is 38.1 Å². The van der Waals surface area contributed by atoms with Crippen molar-refractivity contribution in [2.24, 2.45) is 5.92 Å². The average molecular weight is 633 g/mol. The van der Waals surface area contributed by atoms with Crippen molar-refractivity contribution in [1.82, 2.24) is 16.0 Å². The molecular formula is C33H52N4O8. The van der Waals surface area contributed by atoms with Gasteiger partial charge in [0.1, 0.15) is 25.3 Å². The first-order valence-corrected chi connectivity index (χ1v) is 15.9. The average Bonchev–Trinajstić information content (AvgIpc) is 2.98. The van der Waals surface area contributed by atoms with Crippen LogP contribution in [0, 0.1) is 12.8 Å². The zero-order valence-electron chi connectivity index (χ0n) is 27.2. The maximum atomic E-state index is 12.8. The van der Waals surface area contributed by atoms with Gasteiger partial charge in [-0.2, -0.15) is 0 Å². The Balaban J connectivity index is 1.49. The quantitative estimate of drug-likeness (QED) is 0.126. The predicted molar refractivity (Wildman–Crippen MR) is 172 cm³/mol. The van der Waals surface area contributed by atoms with Crippen molar-refractivity contribution in [1.29, 1.82) is 0 Å². The van der Waals surface area contributed by atoms with E-state index in [9.17, 15) is 19.2 Å². The van der Waals surface area contributed by atoms with Crippen LogP contribution in [0.1, 0.15) is 58.4 Å². The molecule has 0 spiro atoms. The molecule has 2 rings (SSSR count). The summed E-state index contributed by atoms with van der Waals surface area (Å²) in [6, 6.07) is 5.71. The van der Waals surface area contributed by atoms with E-state index in [1.165, 1.54) is 0 Å². The number of rotatable bonds is 20. The van der Waals surface area contributed by atoms with E-state index in [0.29, 0.717) is 32.1 Å². The van der Waals surface area contributed by atoms with Crippen molar-refractivity contribution in [2.45, 2.75) is 78.0 Å². The number of aryl methyl sites for hydroxylation is 1. The van der Waals surface area contributed by atoms with Crippen LogP contribution < -0.4 is 21.3 Å². The third-order valence-corrected chi connectivity index (χ3v) is 7.05. The van der Waals surface area contributed by atoms with Gasteiger partial charge in [-0.05, 0) is 64.0 Å². The van der Waals surface area contributed by atoms with Gasteiger partial charge in [0, 0.05) is 12.2 Å². The van der Waals surface area contributed by atoms with Gasteiger partial charge >= 0.3 is 0 Å². The number of carbonyl (C=O) groups is 4. The van der Waals surface area contributed by atoms with E-state index < -0.39 is 23.9 Å². The summed E-state index contributed by atoms with van der Waals surface area (Å²) in [5, 5.41) is 10.9. The minimum Gasteiger partial charge on any atom is -0.377 e. The molecule has 0 bridgehead atoms. The zero-order valence-corrected chi connectivity index (χ0v) is 27.2. The topological polar surface area (TPSA) is 153 Å². The van der Waals surface area contributed by atoms with Crippen molar-refractivity contribution in [3.05, 3.63) is 42.0 Å². The molecule has 3 atom stereocenters. The summed E-state index contributed by atoms with van der Waals surface area (Å²) < 4.78 is 22.0. The minimum atomic E-state index is -0.829. The van der Waals surface area contributed by atoms with E-state index in [1.807, 2.05) is 19.1 Å². The van der Waals surface area contributed by atoms with Gasteiger partial charge in [-0.15, -0.1) is 0 Å². The molecule has 0 heterocycles. The van der Waals surface area contributed by atoms with Gasteiger partial charge in [-0.25, -0.2) is 0 Å². The lowest BCUT2D eigenvalue weighted by atomic mass is 10.0. The molecule has 0 aliphatic heterocycles. The fraction of sp³-hybridized carbons (Fsp3) is 0.636.